The Morgan fingerprint density at radius 1 is 1.10 bits per heavy atom. The molecule has 11 heteroatoms. The number of anilines is 2. The molecule has 3 aromatic heterocycles. The summed E-state index contributed by atoms with van der Waals surface area (Å²) in [5.74, 6) is 1.25. The van der Waals surface area contributed by atoms with Gasteiger partial charge in [-0.25, -0.2) is 19.2 Å². The minimum absolute atomic E-state index is 0.0217. The summed E-state index contributed by atoms with van der Waals surface area (Å²) in [6, 6.07) is 15.0. The molecule has 1 atom stereocenters. The quantitative estimate of drug-likeness (QED) is 0.308. The number of piperidine rings is 1. The van der Waals surface area contributed by atoms with Gasteiger partial charge in [0.1, 0.15) is 29.2 Å². The Bertz CT molecular complexity index is 1600. The molecule has 0 unspecified atom stereocenters. The highest BCUT2D eigenvalue weighted by molar-refractivity contribution is 5.89. The first-order chi connectivity index (χ1) is 19.1. The molecule has 10 nitrogen and oxygen atoms in total. The van der Waals surface area contributed by atoms with Crippen molar-refractivity contribution in [1.82, 2.24) is 24.3 Å². The van der Waals surface area contributed by atoms with Crippen molar-refractivity contribution < 1.29 is 18.3 Å². The van der Waals surface area contributed by atoms with Crippen LogP contribution < -0.4 is 15.4 Å². The van der Waals surface area contributed by atoms with Crippen LogP contribution in [0.25, 0.3) is 28.5 Å². The highest BCUT2D eigenvalue weighted by Crippen LogP contribution is 2.32. The van der Waals surface area contributed by atoms with Gasteiger partial charge in [-0.15, -0.1) is 0 Å². The minimum atomic E-state index is -0.323. The number of ether oxygens (including phenoxy) is 1. The van der Waals surface area contributed by atoms with Crippen molar-refractivity contribution in [2.24, 2.45) is 0 Å². The molecule has 0 spiro atoms. The molecular weight excluding hydrogens is 501 g/mol. The topological polar surface area (TPSA) is 110 Å². The molecule has 2 amide bonds. The average Bonchev–Trinajstić information content (AvgIpc) is 3.56. The van der Waals surface area contributed by atoms with Crippen molar-refractivity contribution >= 4 is 23.5 Å². The van der Waals surface area contributed by atoms with E-state index in [9.17, 15) is 9.18 Å². The highest BCUT2D eigenvalue weighted by Gasteiger charge is 2.25. The Kier molecular flexibility index (Phi) is 6.54. The summed E-state index contributed by atoms with van der Waals surface area (Å²) >= 11 is 0. The monoisotopic (exact) mass is 527 g/mol. The first-order valence-corrected chi connectivity index (χ1v) is 12.6. The maximum Gasteiger partial charge on any atom is 0.321 e. The van der Waals surface area contributed by atoms with Gasteiger partial charge in [-0.1, -0.05) is 0 Å². The third kappa shape index (κ3) is 5.11. The number of nitrogens with one attached hydrogen (secondary N) is 2. The van der Waals surface area contributed by atoms with E-state index in [0.29, 0.717) is 47.7 Å². The van der Waals surface area contributed by atoms with Crippen LogP contribution in [-0.4, -0.2) is 56.5 Å². The van der Waals surface area contributed by atoms with Gasteiger partial charge in [0.15, 0.2) is 0 Å². The van der Waals surface area contributed by atoms with E-state index < -0.39 is 0 Å². The summed E-state index contributed by atoms with van der Waals surface area (Å²) in [5.41, 5.74) is 3.41. The van der Waals surface area contributed by atoms with E-state index in [2.05, 4.69) is 20.6 Å². The lowest BCUT2D eigenvalue weighted by atomic mass is 10.1. The summed E-state index contributed by atoms with van der Waals surface area (Å²) < 4.78 is 26.0. The van der Waals surface area contributed by atoms with Gasteiger partial charge in [-0.3, -0.25) is 4.40 Å². The fourth-order valence-corrected chi connectivity index (χ4v) is 4.74. The third-order valence-electron chi connectivity index (χ3n) is 6.66. The van der Waals surface area contributed by atoms with E-state index >= 15 is 0 Å². The zero-order valence-corrected chi connectivity index (χ0v) is 21.2. The number of hydrogen-bond acceptors (Lipinski definition) is 7. The number of carbonyl (C=O) groups is 1. The SMILES string of the molecule is COc1ccc(NC(=O)N2CCC[C@@H](Nc3nccc(-c4c(-c5ccc(F)cc5)nc5occn45)n3)C2)cc1. The van der Waals surface area contributed by atoms with Crippen LogP contribution in [0, 0.1) is 5.82 Å². The molecule has 1 fully saturated rings. The lowest BCUT2D eigenvalue weighted by Gasteiger charge is -2.33. The van der Waals surface area contributed by atoms with E-state index in [-0.39, 0.29) is 17.9 Å². The molecule has 2 aromatic carbocycles. The number of carbonyl (C=O) groups excluding carboxylic acids is 1. The molecule has 1 aliphatic rings. The van der Waals surface area contributed by atoms with Gasteiger partial charge in [0.25, 0.3) is 0 Å². The van der Waals surface area contributed by atoms with Gasteiger partial charge in [0, 0.05) is 42.8 Å². The normalized spacial score (nSPS) is 15.3. The molecule has 1 saturated heterocycles. The first-order valence-electron chi connectivity index (χ1n) is 12.6. The van der Waals surface area contributed by atoms with Crippen LogP contribution >= 0.6 is 0 Å². The second kappa shape index (κ2) is 10.4. The van der Waals surface area contributed by atoms with E-state index in [1.165, 1.54) is 12.1 Å². The van der Waals surface area contributed by atoms with Gasteiger partial charge in [-0.2, -0.15) is 4.98 Å². The van der Waals surface area contributed by atoms with Crippen LogP contribution in [0.3, 0.4) is 0 Å². The van der Waals surface area contributed by atoms with Crippen molar-refractivity contribution in [3.8, 4) is 28.4 Å². The standard InChI is InChI=1S/C28H26FN7O3/c1-38-22-10-8-20(9-11-22)32-27(37)35-14-2-3-21(17-35)31-26-30-13-12-23(33-26)25-24(18-4-6-19(29)7-5-18)34-28-36(25)15-16-39-28/h4-13,15-16,21H,2-3,14,17H2,1H3,(H,32,37)(H,30,31,33)/t21-/m1/s1. The summed E-state index contributed by atoms with van der Waals surface area (Å²) in [6.45, 7) is 1.17. The molecule has 0 bridgehead atoms. The molecular formula is C28H26FN7O3. The number of rotatable bonds is 6. The number of urea groups is 1. The van der Waals surface area contributed by atoms with Crippen molar-refractivity contribution in [3.05, 3.63) is 79.1 Å². The van der Waals surface area contributed by atoms with Crippen LogP contribution in [0.1, 0.15) is 12.8 Å². The fraction of sp³-hybridized carbons (Fsp3) is 0.214. The van der Waals surface area contributed by atoms with Gasteiger partial charge in [0.2, 0.25) is 5.95 Å². The van der Waals surface area contributed by atoms with Crippen molar-refractivity contribution in [2.75, 3.05) is 30.8 Å². The van der Waals surface area contributed by atoms with Crippen LogP contribution in [-0.2, 0) is 0 Å². The maximum atomic E-state index is 13.6. The number of halogens is 1. The largest absolute Gasteiger partial charge is 0.497 e. The smallest absolute Gasteiger partial charge is 0.321 e. The number of oxazole rings is 1. The molecule has 5 aromatic rings. The molecule has 4 heterocycles. The molecule has 1 aliphatic heterocycles. The predicted molar refractivity (Wildman–Crippen MR) is 144 cm³/mol. The van der Waals surface area contributed by atoms with Crippen LogP contribution in [0.15, 0.2) is 77.7 Å². The maximum absolute atomic E-state index is 13.6. The summed E-state index contributed by atoms with van der Waals surface area (Å²) in [6.07, 6.45) is 6.71. The average molecular weight is 528 g/mol. The molecule has 39 heavy (non-hydrogen) atoms. The molecule has 0 aliphatic carbocycles. The molecule has 2 N–H and O–H groups in total. The lowest BCUT2D eigenvalue weighted by Crippen LogP contribution is -2.47. The number of imidazole rings is 1. The molecule has 0 radical (unpaired) electrons. The number of aromatic nitrogens is 4. The predicted octanol–water partition coefficient (Wildman–Crippen LogP) is 5.31. The summed E-state index contributed by atoms with van der Waals surface area (Å²) in [7, 11) is 1.60. The first kappa shape index (κ1) is 24.4. The zero-order chi connectivity index (χ0) is 26.8. The van der Waals surface area contributed by atoms with Gasteiger partial charge in [-0.05, 0) is 67.4 Å². The van der Waals surface area contributed by atoms with E-state index in [4.69, 9.17) is 14.1 Å². The van der Waals surface area contributed by atoms with Crippen molar-refractivity contribution in [1.29, 1.82) is 0 Å². The van der Waals surface area contributed by atoms with Gasteiger partial charge in [0.05, 0.1) is 12.8 Å². The number of amides is 2. The van der Waals surface area contributed by atoms with E-state index in [0.717, 1.165) is 24.2 Å². The van der Waals surface area contributed by atoms with E-state index in [1.54, 1.807) is 65.4 Å². The van der Waals surface area contributed by atoms with E-state index in [1.807, 2.05) is 12.1 Å². The zero-order valence-electron chi connectivity index (χ0n) is 21.2. The Hall–Kier alpha value is -4.93. The minimum Gasteiger partial charge on any atom is -0.497 e. The molecule has 198 valence electrons. The number of benzene rings is 2. The Morgan fingerprint density at radius 2 is 1.92 bits per heavy atom. The van der Waals surface area contributed by atoms with Crippen LogP contribution in [0.5, 0.6) is 5.75 Å². The third-order valence-corrected chi connectivity index (χ3v) is 6.66. The Balaban J connectivity index is 1.20. The number of likely N-dealkylation sites (tertiary alicyclic amines) is 1. The number of methoxy groups -OCH3 is 1. The second-order valence-electron chi connectivity index (χ2n) is 9.23. The second-order valence-corrected chi connectivity index (χ2v) is 9.23. The molecule has 6 rings (SSSR count). The summed E-state index contributed by atoms with van der Waals surface area (Å²) in [5, 5.41) is 6.34. The lowest BCUT2D eigenvalue weighted by molar-refractivity contribution is 0.196. The number of nitrogens with zero attached hydrogens (tertiary/aromatic N) is 5. The van der Waals surface area contributed by atoms with Gasteiger partial charge < -0.3 is 24.7 Å². The van der Waals surface area contributed by atoms with Crippen LogP contribution in [0.2, 0.25) is 0 Å². The Morgan fingerprint density at radius 3 is 2.72 bits per heavy atom. The Labute approximate surface area is 223 Å². The molecule has 0 saturated carbocycles. The highest BCUT2D eigenvalue weighted by atomic mass is 19.1. The van der Waals surface area contributed by atoms with Crippen molar-refractivity contribution in [3.63, 3.8) is 0 Å². The van der Waals surface area contributed by atoms with Crippen LogP contribution in [0.4, 0.5) is 20.8 Å². The van der Waals surface area contributed by atoms with Crippen molar-refractivity contribution in [2.45, 2.75) is 18.9 Å². The number of fused-ring (bicyclic) bond motifs is 1. The summed E-state index contributed by atoms with van der Waals surface area (Å²) in [4.78, 5) is 28.5. The fourth-order valence-electron chi connectivity index (χ4n) is 4.74. The number of hydrogen-bond donors (Lipinski definition) is 2. The van der Waals surface area contributed by atoms with Gasteiger partial charge >= 0.3 is 11.9 Å².